The van der Waals surface area contributed by atoms with Gasteiger partial charge in [-0.15, -0.1) is 11.3 Å². The third kappa shape index (κ3) is 3.32. The molecule has 0 fully saturated rings. The standard InChI is InChI=1S/C17H20OS/c1-4-5-15(18)17-11-10-16(19-17)14-8-6-13(7-9-14)12(2)3/h6-12H,4-5H2,1-3H3. The average molecular weight is 272 g/mol. The van der Waals surface area contributed by atoms with Crippen LogP contribution in [0.1, 0.15) is 54.8 Å². The number of carbonyl (C=O) groups excluding carboxylic acids is 1. The maximum absolute atomic E-state index is 11.8. The van der Waals surface area contributed by atoms with Gasteiger partial charge < -0.3 is 0 Å². The van der Waals surface area contributed by atoms with Crippen LogP contribution >= 0.6 is 11.3 Å². The summed E-state index contributed by atoms with van der Waals surface area (Å²) in [6.45, 7) is 6.43. The van der Waals surface area contributed by atoms with Gasteiger partial charge in [0.25, 0.3) is 0 Å². The molecule has 2 heteroatoms. The summed E-state index contributed by atoms with van der Waals surface area (Å²) in [7, 11) is 0. The first-order valence-electron chi connectivity index (χ1n) is 6.85. The van der Waals surface area contributed by atoms with E-state index in [2.05, 4.69) is 44.2 Å². The molecule has 0 bridgehead atoms. The van der Waals surface area contributed by atoms with E-state index in [1.807, 2.05) is 13.0 Å². The van der Waals surface area contributed by atoms with Crippen molar-refractivity contribution < 1.29 is 4.79 Å². The van der Waals surface area contributed by atoms with Gasteiger partial charge in [-0.3, -0.25) is 4.79 Å². The monoisotopic (exact) mass is 272 g/mol. The van der Waals surface area contributed by atoms with E-state index in [0.717, 1.165) is 11.3 Å². The summed E-state index contributed by atoms with van der Waals surface area (Å²) in [5.74, 6) is 0.816. The van der Waals surface area contributed by atoms with Crippen LogP contribution in [0.3, 0.4) is 0 Å². The minimum Gasteiger partial charge on any atom is -0.293 e. The molecular weight excluding hydrogens is 252 g/mol. The highest BCUT2D eigenvalue weighted by molar-refractivity contribution is 7.17. The number of hydrogen-bond acceptors (Lipinski definition) is 2. The van der Waals surface area contributed by atoms with Gasteiger partial charge in [-0.25, -0.2) is 0 Å². The Balaban J connectivity index is 2.20. The molecule has 100 valence electrons. The summed E-state index contributed by atoms with van der Waals surface area (Å²) in [6, 6.07) is 12.7. The highest BCUT2D eigenvalue weighted by Gasteiger charge is 2.09. The molecule has 0 aliphatic carbocycles. The van der Waals surface area contributed by atoms with E-state index in [4.69, 9.17) is 0 Å². The van der Waals surface area contributed by atoms with Crippen molar-refractivity contribution in [2.24, 2.45) is 0 Å². The Morgan fingerprint density at radius 2 is 1.79 bits per heavy atom. The van der Waals surface area contributed by atoms with Crippen LogP contribution in [0, 0.1) is 0 Å². The third-order valence-corrected chi connectivity index (χ3v) is 4.40. The van der Waals surface area contributed by atoms with E-state index in [9.17, 15) is 4.79 Å². The van der Waals surface area contributed by atoms with Crippen molar-refractivity contribution in [1.82, 2.24) is 0 Å². The smallest absolute Gasteiger partial charge is 0.172 e. The van der Waals surface area contributed by atoms with E-state index in [1.165, 1.54) is 16.0 Å². The van der Waals surface area contributed by atoms with E-state index >= 15 is 0 Å². The molecule has 0 unspecified atom stereocenters. The Hall–Kier alpha value is -1.41. The van der Waals surface area contributed by atoms with Crippen molar-refractivity contribution in [2.75, 3.05) is 0 Å². The highest BCUT2D eigenvalue weighted by atomic mass is 32.1. The van der Waals surface area contributed by atoms with Crippen molar-refractivity contribution in [3.63, 3.8) is 0 Å². The molecule has 1 nitrogen and oxygen atoms in total. The molecule has 0 spiro atoms. The first-order chi connectivity index (χ1) is 9.11. The van der Waals surface area contributed by atoms with Crippen molar-refractivity contribution in [1.29, 1.82) is 0 Å². The molecule has 19 heavy (non-hydrogen) atoms. The Kier molecular flexibility index (Phi) is 4.54. The molecule has 1 heterocycles. The maximum Gasteiger partial charge on any atom is 0.172 e. The minimum atomic E-state index is 0.262. The Morgan fingerprint density at radius 1 is 1.11 bits per heavy atom. The zero-order valence-electron chi connectivity index (χ0n) is 11.8. The van der Waals surface area contributed by atoms with E-state index in [-0.39, 0.29) is 5.78 Å². The van der Waals surface area contributed by atoms with Crippen LogP contribution in [0.2, 0.25) is 0 Å². The van der Waals surface area contributed by atoms with Gasteiger partial charge >= 0.3 is 0 Å². The fourth-order valence-electron chi connectivity index (χ4n) is 2.03. The normalized spacial score (nSPS) is 10.9. The van der Waals surface area contributed by atoms with E-state index < -0.39 is 0 Å². The molecule has 0 aliphatic rings. The lowest BCUT2D eigenvalue weighted by Gasteiger charge is -2.05. The number of thiophene rings is 1. The average Bonchev–Trinajstić information content (AvgIpc) is 2.89. The predicted octanol–water partition coefficient (Wildman–Crippen LogP) is 5.52. The predicted molar refractivity (Wildman–Crippen MR) is 83.1 cm³/mol. The summed E-state index contributed by atoms with van der Waals surface area (Å²) in [6.07, 6.45) is 1.56. The van der Waals surface area contributed by atoms with Crippen LogP contribution in [0.4, 0.5) is 0 Å². The van der Waals surface area contributed by atoms with E-state index in [1.54, 1.807) is 11.3 Å². The highest BCUT2D eigenvalue weighted by Crippen LogP contribution is 2.30. The third-order valence-electron chi connectivity index (χ3n) is 3.22. The van der Waals surface area contributed by atoms with Crippen LogP contribution in [0.5, 0.6) is 0 Å². The summed E-state index contributed by atoms with van der Waals surface area (Å²) >= 11 is 1.60. The minimum absolute atomic E-state index is 0.262. The van der Waals surface area contributed by atoms with Gasteiger partial charge in [-0.2, -0.15) is 0 Å². The Morgan fingerprint density at radius 3 is 2.37 bits per heavy atom. The summed E-state index contributed by atoms with van der Waals surface area (Å²) in [5, 5.41) is 0. The van der Waals surface area contributed by atoms with Crippen LogP contribution in [-0.4, -0.2) is 5.78 Å². The molecule has 0 radical (unpaired) electrons. The van der Waals surface area contributed by atoms with Crippen molar-refractivity contribution in [2.45, 2.75) is 39.5 Å². The molecule has 0 amide bonds. The van der Waals surface area contributed by atoms with Gasteiger partial charge in [0.05, 0.1) is 4.88 Å². The molecule has 0 saturated heterocycles. The van der Waals surface area contributed by atoms with Crippen LogP contribution in [0.25, 0.3) is 10.4 Å². The fraction of sp³-hybridized carbons (Fsp3) is 0.353. The number of rotatable bonds is 5. The summed E-state index contributed by atoms with van der Waals surface area (Å²) in [5.41, 5.74) is 2.55. The molecular formula is C17H20OS. The van der Waals surface area contributed by atoms with Gasteiger partial charge in [-0.1, -0.05) is 45.0 Å². The lowest BCUT2D eigenvalue weighted by Crippen LogP contribution is -1.93. The number of ketones is 1. The second kappa shape index (κ2) is 6.16. The van der Waals surface area contributed by atoms with Gasteiger partial charge in [0.2, 0.25) is 0 Å². The van der Waals surface area contributed by atoms with Gasteiger partial charge in [0, 0.05) is 11.3 Å². The lowest BCUT2D eigenvalue weighted by atomic mass is 10.0. The van der Waals surface area contributed by atoms with Gasteiger partial charge in [0.15, 0.2) is 5.78 Å². The molecule has 0 aliphatic heterocycles. The molecule has 1 aromatic heterocycles. The summed E-state index contributed by atoms with van der Waals surface area (Å²) < 4.78 is 0. The maximum atomic E-state index is 11.8. The first-order valence-corrected chi connectivity index (χ1v) is 7.66. The fourth-order valence-corrected chi connectivity index (χ4v) is 3.00. The SMILES string of the molecule is CCCC(=O)c1ccc(-c2ccc(C(C)C)cc2)s1. The lowest BCUT2D eigenvalue weighted by molar-refractivity contribution is 0.0985. The number of hydrogen-bond donors (Lipinski definition) is 0. The van der Waals surface area contributed by atoms with Crippen molar-refractivity contribution in [3.05, 3.63) is 46.8 Å². The number of Topliss-reactive ketones (excluding diaryl/α,β-unsaturated/α-hetero) is 1. The topological polar surface area (TPSA) is 17.1 Å². The quantitative estimate of drug-likeness (QED) is 0.655. The van der Waals surface area contributed by atoms with Crippen molar-refractivity contribution in [3.8, 4) is 10.4 Å². The van der Waals surface area contributed by atoms with Crippen molar-refractivity contribution >= 4 is 17.1 Å². The van der Waals surface area contributed by atoms with Gasteiger partial charge in [0.1, 0.15) is 0 Å². The first kappa shape index (κ1) is 14.0. The largest absolute Gasteiger partial charge is 0.293 e. The number of benzene rings is 1. The second-order valence-electron chi connectivity index (χ2n) is 5.11. The van der Waals surface area contributed by atoms with Crippen LogP contribution in [0.15, 0.2) is 36.4 Å². The number of carbonyl (C=O) groups is 1. The van der Waals surface area contributed by atoms with Crippen LogP contribution < -0.4 is 0 Å². The molecule has 0 N–H and O–H groups in total. The molecule has 2 rings (SSSR count). The Bertz CT molecular complexity index is 549. The van der Waals surface area contributed by atoms with E-state index in [0.29, 0.717) is 12.3 Å². The molecule has 0 atom stereocenters. The Labute approximate surface area is 119 Å². The van der Waals surface area contributed by atoms with Gasteiger partial charge in [-0.05, 0) is 35.6 Å². The molecule has 0 saturated carbocycles. The summed E-state index contributed by atoms with van der Waals surface area (Å²) in [4.78, 5) is 13.9. The zero-order valence-corrected chi connectivity index (χ0v) is 12.6. The molecule has 2 aromatic rings. The molecule has 1 aromatic carbocycles. The van der Waals surface area contributed by atoms with Crippen LogP contribution in [-0.2, 0) is 0 Å². The zero-order chi connectivity index (χ0) is 13.8. The second-order valence-corrected chi connectivity index (χ2v) is 6.20.